The highest BCUT2D eigenvalue weighted by Gasteiger charge is 2.11. The molecule has 0 aliphatic heterocycles. The normalized spacial score (nSPS) is 11.7. The summed E-state index contributed by atoms with van der Waals surface area (Å²) in [4.78, 5) is 17.4. The number of hydrogen-bond donors (Lipinski definition) is 0. The molecule has 0 spiro atoms. The zero-order chi connectivity index (χ0) is 18.0. The van der Waals surface area contributed by atoms with Crippen LogP contribution in [0.15, 0.2) is 54.0 Å². The number of benzene rings is 2. The first-order valence-corrected chi connectivity index (χ1v) is 8.92. The monoisotopic (exact) mass is 392 g/mol. The van der Waals surface area contributed by atoms with Gasteiger partial charge in [0, 0.05) is 22.2 Å². The average molecular weight is 393 g/mol. The predicted molar refractivity (Wildman–Crippen MR) is 103 cm³/mol. The number of hydrogen-bond acceptors (Lipinski definition) is 3. The van der Waals surface area contributed by atoms with Crippen molar-refractivity contribution in [3.63, 3.8) is 0 Å². The molecule has 128 valence electrons. The van der Waals surface area contributed by atoms with Gasteiger partial charge in [-0.15, -0.1) is 6.58 Å². The van der Waals surface area contributed by atoms with Crippen LogP contribution in [0.3, 0.4) is 0 Å². The Morgan fingerprint density at radius 3 is 2.64 bits per heavy atom. The number of rotatable bonds is 4. The summed E-state index contributed by atoms with van der Waals surface area (Å²) in [5.41, 5.74) is 1.30. The molecule has 0 aliphatic rings. The van der Waals surface area contributed by atoms with Crippen molar-refractivity contribution in [3.8, 4) is 5.75 Å². The second-order valence-corrected chi connectivity index (χ2v) is 7.07. The van der Waals surface area contributed by atoms with Crippen LogP contribution in [0.2, 0.25) is 10.0 Å². The first kappa shape index (κ1) is 17.7. The van der Waals surface area contributed by atoms with E-state index in [1.54, 1.807) is 31.4 Å². The van der Waals surface area contributed by atoms with Gasteiger partial charge in [-0.2, -0.15) is 4.99 Å². The van der Waals surface area contributed by atoms with E-state index in [4.69, 9.17) is 27.9 Å². The van der Waals surface area contributed by atoms with Gasteiger partial charge in [-0.1, -0.05) is 40.6 Å². The lowest BCUT2D eigenvalue weighted by Gasteiger charge is -2.02. The highest BCUT2D eigenvalue weighted by molar-refractivity contribution is 7.16. The third-order valence-electron chi connectivity index (χ3n) is 3.51. The van der Waals surface area contributed by atoms with E-state index in [-0.39, 0.29) is 0 Å². The molecule has 3 aromatic rings. The zero-order valence-electron chi connectivity index (χ0n) is 13.3. The molecule has 0 bridgehead atoms. The fourth-order valence-electron chi connectivity index (χ4n) is 2.40. The topological polar surface area (TPSA) is 43.6 Å². The molecule has 0 N–H and O–H groups in total. The van der Waals surface area contributed by atoms with E-state index in [2.05, 4.69) is 11.6 Å². The maximum atomic E-state index is 12.5. The molecule has 25 heavy (non-hydrogen) atoms. The Bertz CT molecular complexity index is 1020. The average Bonchev–Trinajstić information content (AvgIpc) is 2.91. The number of carbonyl (C=O) groups is 1. The molecular weight excluding hydrogens is 379 g/mol. The van der Waals surface area contributed by atoms with E-state index in [1.807, 2.05) is 22.8 Å². The third-order valence-corrected chi connectivity index (χ3v) is 4.99. The van der Waals surface area contributed by atoms with Crippen molar-refractivity contribution in [2.24, 2.45) is 4.99 Å². The van der Waals surface area contributed by atoms with Gasteiger partial charge in [0.25, 0.3) is 5.91 Å². The zero-order valence-corrected chi connectivity index (χ0v) is 15.7. The molecule has 0 aliphatic carbocycles. The van der Waals surface area contributed by atoms with E-state index in [0.717, 1.165) is 16.0 Å². The second-order valence-electron chi connectivity index (χ2n) is 5.19. The van der Waals surface area contributed by atoms with Crippen LogP contribution in [0.4, 0.5) is 0 Å². The van der Waals surface area contributed by atoms with Crippen molar-refractivity contribution >= 4 is 50.7 Å². The lowest BCUT2D eigenvalue weighted by atomic mass is 10.2. The van der Waals surface area contributed by atoms with Crippen molar-refractivity contribution in [1.82, 2.24) is 4.57 Å². The summed E-state index contributed by atoms with van der Waals surface area (Å²) in [6.07, 6.45) is 1.76. The van der Waals surface area contributed by atoms with Gasteiger partial charge in [0.1, 0.15) is 5.75 Å². The van der Waals surface area contributed by atoms with Crippen molar-refractivity contribution in [2.45, 2.75) is 6.54 Å². The van der Waals surface area contributed by atoms with Crippen molar-refractivity contribution < 1.29 is 9.53 Å². The van der Waals surface area contributed by atoms with Gasteiger partial charge in [0.15, 0.2) is 4.80 Å². The largest absolute Gasteiger partial charge is 0.497 e. The van der Waals surface area contributed by atoms with E-state index in [1.165, 1.54) is 11.3 Å². The number of aromatic nitrogens is 1. The summed E-state index contributed by atoms with van der Waals surface area (Å²) in [5, 5.41) is 0.789. The first-order chi connectivity index (χ1) is 12.0. The molecule has 0 saturated carbocycles. The maximum absolute atomic E-state index is 12.5. The van der Waals surface area contributed by atoms with Gasteiger partial charge in [-0.3, -0.25) is 4.79 Å². The van der Waals surface area contributed by atoms with Crippen molar-refractivity contribution in [3.05, 3.63) is 69.5 Å². The minimum Gasteiger partial charge on any atom is -0.497 e. The SMILES string of the molecule is C=CCn1c(=NC(=O)c2cc(Cl)cc(Cl)c2)sc2cc(OC)ccc21. The Labute approximate surface area is 158 Å². The summed E-state index contributed by atoms with van der Waals surface area (Å²) in [6, 6.07) is 10.4. The van der Waals surface area contributed by atoms with Gasteiger partial charge in [-0.05, 0) is 36.4 Å². The minimum atomic E-state index is -0.402. The fourth-order valence-corrected chi connectivity index (χ4v) is 3.99. The van der Waals surface area contributed by atoms with Crippen molar-refractivity contribution in [2.75, 3.05) is 7.11 Å². The number of nitrogens with zero attached hydrogens (tertiary/aromatic N) is 2. The Balaban J connectivity index is 2.15. The second kappa shape index (κ2) is 7.44. The van der Waals surface area contributed by atoms with Gasteiger partial charge in [-0.25, -0.2) is 0 Å². The van der Waals surface area contributed by atoms with E-state index >= 15 is 0 Å². The fraction of sp³-hybridized carbons (Fsp3) is 0.111. The van der Waals surface area contributed by atoms with Gasteiger partial charge in [0.05, 0.1) is 17.3 Å². The molecule has 0 atom stereocenters. The summed E-state index contributed by atoms with van der Waals surface area (Å²) < 4.78 is 8.15. The first-order valence-electron chi connectivity index (χ1n) is 7.35. The molecule has 0 saturated heterocycles. The maximum Gasteiger partial charge on any atom is 0.279 e. The van der Waals surface area contributed by atoms with E-state index < -0.39 is 5.91 Å². The molecule has 3 rings (SSSR count). The van der Waals surface area contributed by atoms with E-state index in [0.29, 0.717) is 27.0 Å². The van der Waals surface area contributed by atoms with Crippen LogP contribution < -0.4 is 9.54 Å². The molecule has 0 fully saturated rings. The highest BCUT2D eigenvalue weighted by atomic mass is 35.5. The number of carbonyl (C=O) groups excluding carboxylic acids is 1. The van der Waals surface area contributed by atoms with Crippen molar-refractivity contribution in [1.29, 1.82) is 0 Å². The molecule has 7 heteroatoms. The number of fused-ring (bicyclic) bond motifs is 1. The van der Waals surface area contributed by atoms with Gasteiger partial charge in [0.2, 0.25) is 0 Å². The van der Waals surface area contributed by atoms with Crippen LogP contribution in [0.5, 0.6) is 5.75 Å². The summed E-state index contributed by atoms with van der Waals surface area (Å²) in [5.74, 6) is 0.347. The van der Waals surface area contributed by atoms with Crippen LogP contribution in [-0.4, -0.2) is 17.6 Å². The smallest absolute Gasteiger partial charge is 0.279 e. The Hall–Kier alpha value is -2.08. The molecule has 0 unspecified atom stereocenters. The molecule has 1 amide bonds. The van der Waals surface area contributed by atoms with Gasteiger partial charge < -0.3 is 9.30 Å². The number of halogens is 2. The Morgan fingerprint density at radius 2 is 2.00 bits per heavy atom. The van der Waals surface area contributed by atoms with E-state index in [9.17, 15) is 4.79 Å². The summed E-state index contributed by atoms with van der Waals surface area (Å²) >= 11 is 13.3. The summed E-state index contributed by atoms with van der Waals surface area (Å²) in [6.45, 7) is 4.31. The number of ether oxygens (including phenoxy) is 1. The third kappa shape index (κ3) is 3.79. The minimum absolute atomic E-state index is 0.345. The predicted octanol–water partition coefficient (Wildman–Crippen LogP) is 4.95. The number of thiazole rings is 1. The highest BCUT2D eigenvalue weighted by Crippen LogP contribution is 2.24. The number of amides is 1. The lowest BCUT2D eigenvalue weighted by Crippen LogP contribution is -2.16. The Kier molecular flexibility index (Phi) is 5.27. The van der Waals surface area contributed by atoms with Gasteiger partial charge >= 0.3 is 0 Å². The quantitative estimate of drug-likeness (QED) is 0.589. The molecule has 0 radical (unpaired) electrons. The molecule has 2 aromatic carbocycles. The summed E-state index contributed by atoms with van der Waals surface area (Å²) in [7, 11) is 1.62. The molecule has 1 aromatic heterocycles. The molecule has 4 nitrogen and oxygen atoms in total. The Morgan fingerprint density at radius 1 is 1.28 bits per heavy atom. The van der Waals surface area contributed by atoms with Crippen LogP contribution in [-0.2, 0) is 6.54 Å². The van der Waals surface area contributed by atoms with Crippen LogP contribution in [0.25, 0.3) is 10.2 Å². The van der Waals surface area contributed by atoms with Crippen LogP contribution >= 0.6 is 34.5 Å². The number of methoxy groups -OCH3 is 1. The molecule has 1 heterocycles. The standard InChI is InChI=1S/C18H14Cl2N2O2S/c1-3-6-22-15-5-4-14(24-2)10-16(15)25-18(22)21-17(23)11-7-12(19)9-13(20)8-11/h3-5,7-10H,1,6H2,2H3. The molecular formula is C18H14Cl2N2O2S. The van der Waals surface area contributed by atoms with Crippen LogP contribution in [0.1, 0.15) is 10.4 Å². The number of allylic oxidation sites excluding steroid dienone is 1. The lowest BCUT2D eigenvalue weighted by molar-refractivity contribution is 0.0998. The van der Waals surface area contributed by atoms with Crippen LogP contribution in [0, 0.1) is 0 Å².